The second-order valence-corrected chi connectivity index (χ2v) is 5.02. The molecule has 1 heterocycles. The van der Waals surface area contributed by atoms with Gasteiger partial charge in [0.25, 0.3) is 0 Å². The summed E-state index contributed by atoms with van der Waals surface area (Å²) in [6.07, 6.45) is 4.14. The third-order valence-electron chi connectivity index (χ3n) is 2.55. The van der Waals surface area contributed by atoms with E-state index in [1.54, 1.807) is 0 Å². The fourth-order valence-electron chi connectivity index (χ4n) is 1.76. The molecule has 2 N–H and O–H groups in total. The molecule has 2 atom stereocenters. The summed E-state index contributed by atoms with van der Waals surface area (Å²) in [6, 6.07) is 0.579. The molecule has 0 spiro atoms. The van der Waals surface area contributed by atoms with Gasteiger partial charge in [-0.1, -0.05) is 6.42 Å². The molecule has 3 heteroatoms. The lowest BCUT2D eigenvalue weighted by atomic mass is 10.1. The summed E-state index contributed by atoms with van der Waals surface area (Å²) in [4.78, 5) is 2.27. The van der Waals surface area contributed by atoms with Gasteiger partial charge < -0.3 is 10.6 Å². The maximum atomic E-state index is 5.75. The number of thioether (sulfide) groups is 1. The Labute approximate surface area is 79.9 Å². The van der Waals surface area contributed by atoms with E-state index in [-0.39, 0.29) is 0 Å². The highest BCUT2D eigenvalue weighted by Gasteiger charge is 2.24. The fourth-order valence-corrected chi connectivity index (χ4v) is 3.35. The van der Waals surface area contributed by atoms with Crippen molar-refractivity contribution in [3.8, 4) is 0 Å². The molecule has 0 aliphatic carbocycles. The summed E-state index contributed by atoms with van der Waals surface area (Å²) in [7, 11) is 4.26. The Kier molecular flexibility index (Phi) is 4.40. The van der Waals surface area contributed by atoms with Crippen molar-refractivity contribution in [2.75, 3.05) is 26.4 Å². The molecule has 0 aromatic rings. The van der Waals surface area contributed by atoms with E-state index in [0.29, 0.717) is 6.04 Å². The zero-order valence-electron chi connectivity index (χ0n) is 8.12. The van der Waals surface area contributed by atoms with Gasteiger partial charge in [0.1, 0.15) is 0 Å². The molecule has 0 amide bonds. The molecule has 0 saturated carbocycles. The average Bonchev–Trinajstić information content (AvgIpc) is 2.07. The van der Waals surface area contributed by atoms with Crippen molar-refractivity contribution in [3.05, 3.63) is 0 Å². The van der Waals surface area contributed by atoms with Crippen LogP contribution in [0.2, 0.25) is 0 Å². The summed E-state index contributed by atoms with van der Waals surface area (Å²) in [5.41, 5.74) is 5.75. The summed E-state index contributed by atoms with van der Waals surface area (Å²) in [6.45, 7) is 0.796. The Balaban J connectivity index is 2.40. The lowest BCUT2D eigenvalue weighted by Gasteiger charge is -2.33. The van der Waals surface area contributed by atoms with Gasteiger partial charge in [-0.25, -0.2) is 0 Å². The van der Waals surface area contributed by atoms with Crippen molar-refractivity contribution in [2.24, 2.45) is 5.73 Å². The minimum absolute atomic E-state index is 0.579. The molecule has 72 valence electrons. The molecule has 1 aliphatic heterocycles. The normalized spacial score (nSPS) is 27.5. The fraction of sp³-hybridized carbons (Fsp3) is 1.00. The van der Waals surface area contributed by atoms with Crippen LogP contribution in [0.4, 0.5) is 0 Å². The van der Waals surface area contributed by atoms with Gasteiger partial charge >= 0.3 is 0 Å². The SMILES string of the molecule is CN(C)C(CN)C1CCCCS1. The van der Waals surface area contributed by atoms with Crippen LogP contribution in [0.1, 0.15) is 19.3 Å². The van der Waals surface area contributed by atoms with Crippen molar-refractivity contribution in [1.82, 2.24) is 4.90 Å². The van der Waals surface area contributed by atoms with Crippen LogP contribution in [0, 0.1) is 0 Å². The van der Waals surface area contributed by atoms with E-state index in [1.807, 2.05) is 0 Å². The molecular formula is C9H20N2S. The lowest BCUT2D eigenvalue weighted by molar-refractivity contribution is 0.283. The zero-order valence-corrected chi connectivity index (χ0v) is 8.94. The minimum atomic E-state index is 0.579. The predicted molar refractivity (Wildman–Crippen MR) is 56.6 cm³/mol. The Morgan fingerprint density at radius 1 is 1.50 bits per heavy atom. The average molecular weight is 188 g/mol. The second kappa shape index (κ2) is 5.10. The molecule has 0 aromatic carbocycles. The molecule has 0 bridgehead atoms. The summed E-state index contributed by atoms with van der Waals surface area (Å²) < 4.78 is 0. The zero-order chi connectivity index (χ0) is 8.97. The number of nitrogens with two attached hydrogens (primary N) is 1. The molecule has 1 fully saturated rings. The van der Waals surface area contributed by atoms with Crippen LogP contribution < -0.4 is 5.73 Å². The monoisotopic (exact) mass is 188 g/mol. The van der Waals surface area contributed by atoms with Crippen LogP contribution in [0.3, 0.4) is 0 Å². The smallest absolute Gasteiger partial charge is 0.0331 e. The maximum Gasteiger partial charge on any atom is 0.0331 e. The van der Waals surface area contributed by atoms with Crippen LogP contribution in [0.15, 0.2) is 0 Å². The first-order chi connectivity index (χ1) is 5.75. The van der Waals surface area contributed by atoms with Crippen LogP contribution in [-0.4, -0.2) is 42.6 Å². The highest BCUT2D eigenvalue weighted by molar-refractivity contribution is 8.00. The summed E-state index contributed by atoms with van der Waals surface area (Å²) in [5.74, 6) is 1.33. The van der Waals surface area contributed by atoms with Gasteiger partial charge in [0.2, 0.25) is 0 Å². The lowest BCUT2D eigenvalue weighted by Crippen LogP contribution is -2.43. The predicted octanol–water partition coefficient (Wildman–Crippen LogP) is 1.16. The van der Waals surface area contributed by atoms with Crippen LogP contribution in [0.5, 0.6) is 0 Å². The van der Waals surface area contributed by atoms with Crippen molar-refractivity contribution in [1.29, 1.82) is 0 Å². The number of rotatable bonds is 3. The van der Waals surface area contributed by atoms with Crippen molar-refractivity contribution in [2.45, 2.75) is 30.6 Å². The summed E-state index contributed by atoms with van der Waals surface area (Å²) >= 11 is 2.10. The Hall–Kier alpha value is 0.270. The molecule has 2 nitrogen and oxygen atoms in total. The molecule has 2 unspecified atom stereocenters. The quantitative estimate of drug-likeness (QED) is 0.721. The standard InChI is InChI=1S/C9H20N2S/c1-11(2)8(7-10)9-5-3-4-6-12-9/h8-9H,3-7,10H2,1-2H3. The highest BCUT2D eigenvalue weighted by atomic mass is 32.2. The van der Waals surface area contributed by atoms with E-state index in [0.717, 1.165) is 11.8 Å². The van der Waals surface area contributed by atoms with Crippen LogP contribution in [0.25, 0.3) is 0 Å². The number of hydrogen-bond donors (Lipinski definition) is 1. The minimum Gasteiger partial charge on any atom is -0.329 e. The molecule has 1 rings (SSSR count). The van der Waals surface area contributed by atoms with Gasteiger partial charge in [-0.3, -0.25) is 0 Å². The van der Waals surface area contributed by atoms with Crippen LogP contribution >= 0.6 is 11.8 Å². The third kappa shape index (κ3) is 2.64. The van der Waals surface area contributed by atoms with Gasteiger partial charge in [0, 0.05) is 17.8 Å². The first-order valence-corrected chi connectivity index (χ1v) is 5.78. The first kappa shape index (κ1) is 10.4. The number of likely N-dealkylation sites (N-methyl/N-ethyl adjacent to an activating group) is 1. The Morgan fingerprint density at radius 2 is 2.25 bits per heavy atom. The van der Waals surface area contributed by atoms with Crippen molar-refractivity contribution < 1.29 is 0 Å². The number of nitrogens with zero attached hydrogens (tertiary/aromatic N) is 1. The molecule has 12 heavy (non-hydrogen) atoms. The molecule has 0 aromatic heterocycles. The largest absolute Gasteiger partial charge is 0.329 e. The van der Waals surface area contributed by atoms with Crippen LogP contribution in [-0.2, 0) is 0 Å². The topological polar surface area (TPSA) is 29.3 Å². The van der Waals surface area contributed by atoms with E-state index in [4.69, 9.17) is 5.73 Å². The molecular weight excluding hydrogens is 168 g/mol. The van der Waals surface area contributed by atoms with Gasteiger partial charge in [-0.05, 0) is 32.7 Å². The number of hydrogen-bond acceptors (Lipinski definition) is 3. The Bertz CT molecular complexity index is 122. The van der Waals surface area contributed by atoms with Gasteiger partial charge in [0.15, 0.2) is 0 Å². The third-order valence-corrected chi connectivity index (χ3v) is 4.05. The van der Waals surface area contributed by atoms with Crippen molar-refractivity contribution in [3.63, 3.8) is 0 Å². The first-order valence-electron chi connectivity index (χ1n) is 4.74. The maximum absolute atomic E-state index is 5.75. The van der Waals surface area contributed by atoms with Gasteiger partial charge in [0.05, 0.1) is 0 Å². The van der Waals surface area contributed by atoms with Crippen molar-refractivity contribution >= 4 is 11.8 Å². The van der Waals surface area contributed by atoms with Gasteiger partial charge in [-0.2, -0.15) is 11.8 Å². The second-order valence-electron chi connectivity index (χ2n) is 3.67. The van der Waals surface area contributed by atoms with E-state index in [9.17, 15) is 0 Å². The van der Waals surface area contributed by atoms with E-state index in [1.165, 1.54) is 25.0 Å². The highest BCUT2D eigenvalue weighted by Crippen LogP contribution is 2.28. The summed E-state index contributed by atoms with van der Waals surface area (Å²) in [5, 5.41) is 0.777. The van der Waals surface area contributed by atoms with E-state index < -0.39 is 0 Å². The molecule has 0 radical (unpaired) electrons. The Morgan fingerprint density at radius 3 is 2.67 bits per heavy atom. The van der Waals surface area contributed by atoms with E-state index >= 15 is 0 Å². The molecule has 1 saturated heterocycles. The molecule has 1 aliphatic rings. The van der Waals surface area contributed by atoms with E-state index in [2.05, 4.69) is 30.8 Å². The van der Waals surface area contributed by atoms with Gasteiger partial charge in [-0.15, -0.1) is 0 Å².